The fourth-order valence-corrected chi connectivity index (χ4v) is 2.53. The molecule has 0 radical (unpaired) electrons. The number of hydrogen-bond donors (Lipinski definition) is 1. The maximum Gasteiger partial charge on any atom is 0.118 e. The molecule has 112 valence electrons. The van der Waals surface area contributed by atoms with Crippen LogP contribution in [0.5, 0.6) is 5.75 Å². The molecule has 0 aliphatic heterocycles. The molecule has 2 aromatic rings. The van der Waals surface area contributed by atoms with Gasteiger partial charge in [-0.2, -0.15) is 0 Å². The molecule has 0 heterocycles. The zero-order valence-corrected chi connectivity index (χ0v) is 13.6. The fourth-order valence-electron chi connectivity index (χ4n) is 2.30. The topological polar surface area (TPSA) is 21.3 Å². The largest absolute Gasteiger partial charge is 0.497 e. The lowest BCUT2D eigenvalue weighted by Gasteiger charge is -2.17. The molecule has 2 rings (SSSR count). The summed E-state index contributed by atoms with van der Waals surface area (Å²) in [6, 6.07) is 14.6. The van der Waals surface area contributed by atoms with Gasteiger partial charge >= 0.3 is 0 Å². The van der Waals surface area contributed by atoms with Gasteiger partial charge in [0.1, 0.15) is 5.75 Å². The number of aryl methyl sites for hydroxylation is 2. The lowest BCUT2D eigenvalue weighted by Crippen LogP contribution is -2.16. The van der Waals surface area contributed by atoms with Gasteiger partial charge in [0.25, 0.3) is 0 Å². The molecule has 3 heteroatoms. The Labute approximate surface area is 132 Å². The van der Waals surface area contributed by atoms with Gasteiger partial charge in [-0.15, -0.1) is 0 Å². The van der Waals surface area contributed by atoms with E-state index in [1.54, 1.807) is 7.11 Å². The van der Waals surface area contributed by atoms with Crippen molar-refractivity contribution in [3.05, 3.63) is 58.6 Å². The van der Waals surface area contributed by atoms with E-state index in [4.69, 9.17) is 16.3 Å². The summed E-state index contributed by atoms with van der Waals surface area (Å²) in [7, 11) is 1.69. The number of rotatable bonds is 6. The van der Waals surface area contributed by atoms with Crippen molar-refractivity contribution in [1.82, 2.24) is 0 Å². The van der Waals surface area contributed by atoms with Crippen LogP contribution < -0.4 is 10.1 Å². The Kier molecular flexibility index (Phi) is 5.51. The Morgan fingerprint density at radius 3 is 2.48 bits per heavy atom. The Morgan fingerprint density at radius 1 is 1.14 bits per heavy atom. The van der Waals surface area contributed by atoms with E-state index in [1.807, 2.05) is 30.3 Å². The van der Waals surface area contributed by atoms with Crippen LogP contribution in [0.4, 0.5) is 5.69 Å². The molecule has 0 saturated heterocycles. The minimum Gasteiger partial charge on any atom is -0.497 e. The predicted molar refractivity (Wildman–Crippen MR) is 90.6 cm³/mol. The van der Waals surface area contributed by atoms with Crippen LogP contribution in [0.2, 0.25) is 5.02 Å². The van der Waals surface area contributed by atoms with E-state index in [9.17, 15) is 0 Å². The number of hydrogen-bond acceptors (Lipinski definition) is 2. The second kappa shape index (κ2) is 7.37. The average Bonchev–Trinajstić information content (AvgIpc) is 2.48. The third kappa shape index (κ3) is 4.68. The number of methoxy groups -OCH3 is 1. The van der Waals surface area contributed by atoms with Crippen molar-refractivity contribution in [2.24, 2.45) is 0 Å². The quantitative estimate of drug-likeness (QED) is 0.802. The fraction of sp³-hybridized carbons (Fsp3) is 0.333. The van der Waals surface area contributed by atoms with Crippen LogP contribution in [0.15, 0.2) is 42.5 Å². The van der Waals surface area contributed by atoms with Gasteiger partial charge in [-0.1, -0.05) is 23.7 Å². The first-order valence-electron chi connectivity index (χ1n) is 7.24. The van der Waals surface area contributed by atoms with Crippen molar-refractivity contribution in [3.8, 4) is 5.75 Å². The maximum atomic E-state index is 5.98. The molecule has 0 fully saturated rings. The highest BCUT2D eigenvalue weighted by Gasteiger charge is 2.05. The average molecular weight is 304 g/mol. The van der Waals surface area contributed by atoms with Gasteiger partial charge in [0.15, 0.2) is 0 Å². The normalized spacial score (nSPS) is 12.0. The van der Waals surface area contributed by atoms with Gasteiger partial charge in [0, 0.05) is 16.8 Å². The summed E-state index contributed by atoms with van der Waals surface area (Å²) in [5.74, 6) is 0.904. The molecule has 0 aromatic heterocycles. The van der Waals surface area contributed by atoms with E-state index in [2.05, 4.69) is 31.3 Å². The molecular weight excluding hydrogens is 282 g/mol. The van der Waals surface area contributed by atoms with Crippen molar-refractivity contribution in [2.45, 2.75) is 32.7 Å². The first-order valence-corrected chi connectivity index (χ1v) is 7.62. The summed E-state index contributed by atoms with van der Waals surface area (Å²) in [6.45, 7) is 4.28. The third-order valence-electron chi connectivity index (χ3n) is 3.62. The van der Waals surface area contributed by atoms with Crippen molar-refractivity contribution in [3.63, 3.8) is 0 Å². The van der Waals surface area contributed by atoms with Gasteiger partial charge < -0.3 is 10.1 Å². The van der Waals surface area contributed by atoms with E-state index >= 15 is 0 Å². The first kappa shape index (κ1) is 15.7. The van der Waals surface area contributed by atoms with Crippen LogP contribution in [-0.4, -0.2) is 13.2 Å². The molecular formula is C18H22ClNO. The monoisotopic (exact) mass is 303 g/mol. The number of benzene rings is 2. The Hall–Kier alpha value is -1.67. The van der Waals surface area contributed by atoms with Crippen molar-refractivity contribution < 1.29 is 4.74 Å². The predicted octanol–water partition coefficient (Wildman–Crippen LogP) is 5.09. The van der Waals surface area contributed by atoms with E-state index in [0.29, 0.717) is 6.04 Å². The first-order chi connectivity index (χ1) is 10.1. The van der Waals surface area contributed by atoms with Crippen molar-refractivity contribution in [1.29, 1.82) is 0 Å². The molecule has 0 aliphatic carbocycles. The highest BCUT2D eigenvalue weighted by atomic mass is 35.5. The van der Waals surface area contributed by atoms with Crippen LogP contribution in [0, 0.1) is 6.92 Å². The van der Waals surface area contributed by atoms with Crippen molar-refractivity contribution >= 4 is 17.3 Å². The van der Waals surface area contributed by atoms with Gasteiger partial charge in [0.2, 0.25) is 0 Å². The second-order valence-corrected chi connectivity index (χ2v) is 5.83. The maximum absolute atomic E-state index is 5.98. The molecule has 1 unspecified atom stereocenters. The summed E-state index contributed by atoms with van der Waals surface area (Å²) < 4.78 is 5.17. The lowest BCUT2D eigenvalue weighted by molar-refractivity contribution is 0.414. The van der Waals surface area contributed by atoms with Crippen molar-refractivity contribution in [2.75, 3.05) is 12.4 Å². The van der Waals surface area contributed by atoms with Gasteiger partial charge in [-0.05, 0) is 68.1 Å². The number of ether oxygens (including phenoxy) is 1. The van der Waals surface area contributed by atoms with E-state index in [1.165, 1.54) is 11.1 Å². The van der Waals surface area contributed by atoms with E-state index in [0.717, 1.165) is 29.3 Å². The SMILES string of the molecule is COc1ccc(CCC(C)Nc2ccc(Cl)cc2C)cc1. The Balaban J connectivity index is 1.87. The van der Waals surface area contributed by atoms with Gasteiger partial charge in [0.05, 0.1) is 7.11 Å². The third-order valence-corrected chi connectivity index (χ3v) is 3.85. The van der Waals surface area contributed by atoms with Crippen LogP contribution in [0.25, 0.3) is 0 Å². The standard InChI is InChI=1S/C18H22ClNO/c1-13-12-16(19)8-11-18(13)20-14(2)4-5-15-6-9-17(21-3)10-7-15/h6-12,14,20H,4-5H2,1-3H3. The molecule has 1 N–H and O–H groups in total. The Morgan fingerprint density at radius 2 is 1.86 bits per heavy atom. The molecule has 2 nitrogen and oxygen atoms in total. The molecule has 0 bridgehead atoms. The van der Waals surface area contributed by atoms with Crippen LogP contribution in [0.1, 0.15) is 24.5 Å². The highest BCUT2D eigenvalue weighted by Crippen LogP contribution is 2.21. The summed E-state index contributed by atoms with van der Waals surface area (Å²) in [4.78, 5) is 0. The van der Waals surface area contributed by atoms with Gasteiger partial charge in [-0.25, -0.2) is 0 Å². The number of halogens is 1. The van der Waals surface area contributed by atoms with Crippen LogP contribution in [0.3, 0.4) is 0 Å². The molecule has 0 amide bonds. The summed E-state index contributed by atoms with van der Waals surface area (Å²) in [5.41, 5.74) is 3.66. The minimum absolute atomic E-state index is 0.409. The Bertz CT molecular complexity index is 580. The molecule has 21 heavy (non-hydrogen) atoms. The highest BCUT2D eigenvalue weighted by molar-refractivity contribution is 6.30. The molecule has 0 spiro atoms. The van der Waals surface area contributed by atoms with E-state index < -0.39 is 0 Å². The molecule has 2 aromatic carbocycles. The number of anilines is 1. The zero-order valence-electron chi connectivity index (χ0n) is 12.8. The zero-order chi connectivity index (χ0) is 15.2. The molecule has 0 saturated carbocycles. The molecule has 0 aliphatic rings. The summed E-state index contributed by atoms with van der Waals surface area (Å²) >= 11 is 5.98. The smallest absolute Gasteiger partial charge is 0.118 e. The van der Waals surface area contributed by atoms with E-state index in [-0.39, 0.29) is 0 Å². The van der Waals surface area contributed by atoms with Crippen LogP contribution in [-0.2, 0) is 6.42 Å². The lowest BCUT2D eigenvalue weighted by atomic mass is 10.1. The number of nitrogens with one attached hydrogen (secondary N) is 1. The molecule has 1 atom stereocenters. The minimum atomic E-state index is 0.409. The van der Waals surface area contributed by atoms with Gasteiger partial charge in [-0.3, -0.25) is 0 Å². The summed E-state index contributed by atoms with van der Waals surface area (Å²) in [5, 5.41) is 4.33. The second-order valence-electron chi connectivity index (χ2n) is 5.39. The summed E-state index contributed by atoms with van der Waals surface area (Å²) in [6.07, 6.45) is 2.12. The van der Waals surface area contributed by atoms with Crippen LogP contribution >= 0.6 is 11.6 Å².